The molecule has 6 nitrogen and oxygen atoms in total. The first-order chi connectivity index (χ1) is 15.0. The summed E-state index contributed by atoms with van der Waals surface area (Å²) in [4.78, 5) is 27.3. The zero-order chi connectivity index (χ0) is 21.8. The quantitative estimate of drug-likeness (QED) is 0.721. The van der Waals surface area contributed by atoms with Crippen LogP contribution in [-0.2, 0) is 9.59 Å². The first-order valence-corrected chi connectivity index (χ1v) is 11.4. The van der Waals surface area contributed by atoms with Gasteiger partial charge in [0, 0.05) is 36.8 Å². The van der Waals surface area contributed by atoms with Crippen LogP contribution in [0.4, 0.5) is 5.69 Å². The van der Waals surface area contributed by atoms with Crippen molar-refractivity contribution < 1.29 is 9.59 Å². The van der Waals surface area contributed by atoms with Gasteiger partial charge in [-0.25, -0.2) is 4.68 Å². The SMILES string of the molecule is Cc1cc(C)n(-c2ccc(NC(=O)C3CCN(C(=O)CC4=CCCCC4)CC3)cc2)n1. The third kappa shape index (κ3) is 5.24. The highest BCUT2D eigenvalue weighted by Crippen LogP contribution is 2.24. The van der Waals surface area contributed by atoms with E-state index in [1.54, 1.807) is 0 Å². The van der Waals surface area contributed by atoms with Crippen molar-refractivity contribution in [1.82, 2.24) is 14.7 Å². The highest BCUT2D eigenvalue weighted by atomic mass is 16.2. The number of hydrogen-bond donors (Lipinski definition) is 1. The van der Waals surface area contributed by atoms with E-state index in [4.69, 9.17) is 0 Å². The first-order valence-electron chi connectivity index (χ1n) is 11.4. The molecule has 0 radical (unpaired) electrons. The third-order valence-electron chi connectivity index (χ3n) is 6.37. The van der Waals surface area contributed by atoms with Crippen molar-refractivity contribution in [2.24, 2.45) is 5.92 Å². The van der Waals surface area contributed by atoms with Gasteiger partial charge < -0.3 is 10.2 Å². The zero-order valence-corrected chi connectivity index (χ0v) is 18.6. The number of amides is 2. The summed E-state index contributed by atoms with van der Waals surface area (Å²) >= 11 is 0. The van der Waals surface area contributed by atoms with Crippen LogP contribution in [-0.4, -0.2) is 39.6 Å². The van der Waals surface area contributed by atoms with Crippen LogP contribution in [0.15, 0.2) is 42.0 Å². The highest BCUT2D eigenvalue weighted by molar-refractivity contribution is 5.92. The minimum Gasteiger partial charge on any atom is -0.342 e. The molecule has 1 saturated heterocycles. The molecule has 6 heteroatoms. The molecule has 1 aromatic heterocycles. The normalized spacial score (nSPS) is 17.4. The number of carbonyl (C=O) groups is 2. The fraction of sp³-hybridized carbons (Fsp3) is 0.480. The molecule has 4 rings (SSSR count). The van der Waals surface area contributed by atoms with Crippen molar-refractivity contribution in [3.05, 3.63) is 53.4 Å². The second-order valence-corrected chi connectivity index (χ2v) is 8.82. The maximum atomic E-state index is 12.7. The third-order valence-corrected chi connectivity index (χ3v) is 6.37. The molecular formula is C25H32N4O2. The molecule has 31 heavy (non-hydrogen) atoms. The Morgan fingerprint density at radius 3 is 2.45 bits per heavy atom. The summed E-state index contributed by atoms with van der Waals surface area (Å²) in [5.41, 5.74) is 5.12. The predicted octanol–water partition coefficient (Wildman–Crippen LogP) is 4.56. The Kier molecular flexibility index (Phi) is 6.54. The van der Waals surface area contributed by atoms with Crippen molar-refractivity contribution >= 4 is 17.5 Å². The van der Waals surface area contributed by atoms with E-state index < -0.39 is 0 Å². The Balaban J connectivity index is 1.27. The van der Waals surface area contributed by atoms with Crippen molar-refractivity contribution in [2.75, 3.05) is 18.4 Å². The van der Waals surface area contributed by atoms with E-state index in [2.05, 4.69) is 16.5 Å². The number of carbonyl (C=O) groups excluding carboxylic acids is 2. The van der Waals surface area contributed by atoms with Gasteiger partial charge in [-0.05, 0) is 82.7 Å². The lowest BCUT2D eigenvalue weighted by Crippen LogP contribution is -2.41. The molecule has 164 valence electrons. The molecule has 2 aliphatic rings. The molecule has 1 aromatic carbocycles. The van der Waals surface area contributed by atoms with Crippen LogP contribution in [0.5, 0.6) is 0 Å². The molecule has 2 amide bonds. The number of aromatic nitrogens is 2. The number of nitrogens with zero attached hydrogens (tertiary/aromatic N) is 3. The maximum Gasteiger partial charge on any atom is 0.227 e. The molecule has 0 saturated carbocycles. The molecule has 1 aliphatic heterocycles. The summed E-state index contributed by atoms with van der Waals surface area (Å²) < 4.78 is 1.90. The number of rotatable bonds is 5. The topological polar surface area (TPSA) is 67.2 Å². The summed E-state index contributed by atoms with van der Waals surface area (Å²) in [5, 5.41) is 7.53. The first kappa shape index (κ1) is 21.3. The number of anilines is 1. The average molecular weight is 421 g/mol. The van der Waals surface area contributed by atoms with Crippen molar-refractivity contribution in [1.29, 1.82) is 0 Å². The number of hydrogen-bond acceptors (Lipinski definition) is 3. The lowest BCUT2D eigenvalue weighted by molar-refractivity contribution is -0.133. The fourth-order valence-corrected chi connectivity index (χ4v) is 4.58. The summed E-state index contributed by atoms with van der Waals surface area (Å²) in [6.45, 7) is 5.34. The van der Waals surface area contributed by atoms with E-state index >= 15 is 0 Å². The van der Waals surface area contributed by atoms with E-state index in [-0.39, 0.29) is 17.7 Å². The van der Waals surface area contributed by atoms with E-state index in [9.17, 15) is 9.59 Å². The lowest BCUT2D eigenvalue weighted by atomic mass is 9.94. The van der Waals surface area contributed by atoms with Crippen LogP contribution in [0.1, 0.15) is 56.3 Å². The van der Waals surface area contributed by atoms with Gasteiger partial charge in [-0.1, -0.05) is 11.6 Å². The Morgan fingerprint density at radius 2 is 1.84 bits per heavy atom. The van der Waals surface area contributed by atoms with Crippen LogP contribution < -0.4 is 5.32 Å². The molecule has 0 spiro atoms. The van der Waals surface area contributed by atoms with Gasteiger partial charge in [0.25, 0.3) is 0 Å². The maximum absolute atomic E-state index is 12.7. The van der Waals surface area contributed by atoms with Crippen LogP contribution in [0.25, 0.3) is 5.69 Å². The van der Waals surface area contributed by atoms with Gasteiger partial charge in [-0.15, -0.1) is 0 Å². The molecule has 1 N–H and O–H groups in total. The van der Waals surface area contributed by atoms with Crippen molar-refractivity contribution in [2.45, 2.75) is 58.8 Å². The summed E-state index contributed by atoms with van der Waals surface area (Å²) in [6, 6.07) is 9.81. The largest absolute Gasteiger partial charge is 0.342 e. The fourth-order valence-electron chi connectivity index (χ4n) is 4.58. The molecule has 0 unspecified atom stereocenters. The molecule has 0 atom stereocenters. The summed E-state index contributed by atoms with van der Waals surface area (Å²) in [6.07, 6.45) is 8.84. The smallest absolute Gasteiger partial charge is 0.227 e. The molecule has 1 fully saturated rings. The van der Waals surface area contributed by atoms with Crippen LogP contribution in [0, 0.1) is 19.8 Å². The predicted molar refractivity (Wildman–Crippen MR) is 122 cm³/mol. The summed E-state index contributed by atoms with van der Waals surface area (Å²) in [5.74, 6) is 0.210. The Labute approximate surface area is 184 Å². The minimum atomic E-state index is -0.0476. The van der Waals surface area contributed by atoms with Crippen LogP contribution >= 0.6 is 0 Å². The molecule has 2 heterocycles. The van der Waals surface area contributed by atoms with Gasteiger partial charge in [0.05, 0.1) is 11.4 Å². The average Bonchev–Trinajstić information content (AvgIpc) is 3.13. The van der Waals surface area contributed by atoms with Gasteiger partial charge in [0.15, 0.2) is 0 Å². The standard InChI is InChI=1S/C25H32N4O2/c1-18-16-19(2)29(27-18)23-10-8-22(9-11-23)26-25(31)21-12-14-28(15-13-21)24(30)17-20-6-4-3-5-7-20/h6,8-11,16,21H,3-5,7,12-15,17H2,1-2H3,(H,26,31). The number of allylic oxidation sites excluding steroid dienone is 1. The lowest BCUT2D eigenvalue weighted by Gasteiger charge is -2.32. The molecule has 1 aliphatic carbocycles. The van der Waals surface area contributed by atoms with Crippen LogP contribution in [0.2, 0.25) is 0 Å². The van der Waals surface area contributed by atoms with Gasteiger partial charge in [-0.2, -0.15) is 5.10 Å². The molecular weight excluding hydrogens is 388 g/mol. The van der Waals surface area contributed by atoms with E-state index in [0.29, 0.717) is 19.5 Å². The Hall–Kier alpha value is -2.89. The monoisotopic (exact) mass is 420 g/mol. The van der Waals surface area contributed by atoms with Gasteiger partial charge in [0.1, 0.15) is 0 Å². The van der Waals surface area contributed by atoms with Gasteiger partial charge in [-0.3, -0.25) is 9.59 Å². The van der Waals surface area contributed by atoms with E-state index in [0.717, 1.165) is 48.4 Å². The number of nitrogens with one attached hydrogen (secondary N) is 1. The second-order valence-electron chi connectivity index (χ2n) is 8.82. The Bertz CT molecular complexity index is 966. The number of piperidine rings is 1. The van der Waals surface area contributed by atoms with Crippen molar-refractivity contribution in [3.63, 3.8) is 0 Å². The highest BCUT2D eigenvalue weighted by Gasteiger charge is 2.27. The minimum absolute atomic E-state index is 0.0425. The summed E-state index contributed by atoms with van der Waals surface area (Å²) in [7, 11) is 0. The zero-order valence-electron chi connectivity index (χ0n) is 18.6. The Morgan fingerprint density at radius 1 is 1.10 bits per heavy atom. The van der Waals surface area contributed by atoms with Gasteiger partial charge in [0.2, 0.25) is 11.8 Å². The van der Waals surface area contributed by atoms with Crippen molar-refractivity contribution in [3.8, 4) is 5.69 Å². The number of likely N-dealkylation sites (tertiary alicyclic amines) is 1. The second kappa shape index (κ2) is 9.50. The van der Waals surface area contributed by atoms with Crippen LogP contribution in [0.3, 0.4) is 0 Å². The number of benzene rings is 1. The van der Waals surface area contributed by atoms with Gasteiger partial charge >= 0.3 is 0 Å². The van der Waals surface area contributed by atoms with E-state index in [1.165, 1.54) is 18.4 Å². The molecule has 0 bridgehead atoms. The van der Waals surface area contributed by atoms with E-state index in [1.807, 2.05) is 53.8 Å². The number of aryl methyl sites for hydroxylation is 2. The molecule has 2 aromatic rings.